The molecular formula is C58H110N16O12. The van der Waals surface area contributed by atoms with Crippen molar-refractivity contribution in [3.8, 4) is 0 Å². The van der Waals surface area contributed by atoms with Gasteiger partial charge in [-0.05, 0) is 133 Å². The number of rotatable bonds is 45. The van der Waals surface area contributed by atoms with Gasteiger partial charge in [0.2, 0.25) is 65.0 Å². The first-order valence-corrected chi connectivity index (χ1v) is 30.7. The quantitative estimate of drug-likeness (QED) is 0.0191. The third kappa shape index (κ3) is 33.3. The fourth-order valence-electron chi connectivity index (χ4n) is 9.09. The van der Waals surface area contributed by atoms with E-state index >= 15 is 0 Å². The number of guanidine groups is 1. The van der Waals surface area contributed by atoms with Gasteiger partial charge in [-0.25, -0.2) is 0 Å². The second-order valence-corrected chi connectivity index (χ2v) is 24.1. The molecule has 0 saturated carbocycles. The van der Waals surface area contributed by atoms with Crippen LogP contribution in [0.1, 0.15) is 179 Å². The molecule has 494 valence electrons. The SMILES string of the molecule is CCCC(=O)NCC(=O)N[C@@H](CC(C)C)C(=O)N[C@@H](CC(C)C)C(=O)N[C@H](CCCCN)C(=O)N[C@@H](CCCN=C(N)N)C(=O)N[C@H](C(=O)N[C@H](CCCCN)C(=O)N[C@H](C(=O)N[C@@H](CC(C)C)C(=O)N[C@@H](CC(C)C)C(N)=O)[C@@H](C)O)[C@@H](C)CC. The number of nitrogens with one attached hydrogen (secondary N) is 10. The Labute approximate surface area is 509 Å². The number of amides is 11. The average molecular weight is 1220 g/mol. The number of aliphatic imine (C=N–C) groups is 1. The summed E-state index contributed by atoms with van der Waals surface area (Å²) in [7, 11) is 0. The van der Waals surface area contributed by atoms with Crippen LogP contribution >= 0.6 is 0 Å². The van der Waals surface area contributed by atoms with E-state index in [0.29, 0.717) is 38.5 Å². The molecule has 0 aromatic rings. The van der Waals surface area contributed by atoms with Crippen molar-refractivity contribution in [3.05, 3.63) is 0 Å². The third-order valence-electron chi connectivity index (χ3n) is 13.9. The summed E-state index contributed by atoms with van der Waals surface area (Å²) in [6, 6.07) is -11.5. The molecule has 11 atom stereocenters. The molecule has 0 radical (unpaired) electrons. The lowest BCUT2D eigenvalue weighted by atomic mass is 9.96. The Morgan fingerprint density at radius 2 is 0.767 bits per heavy atom. The second kappa shape index (κ2) is 43.0. The molecule has 0 aliphatic rings. The molecule has 11 amide bonds. The van der Waals surface area contributed by atoms with Gasteiger partial charge in [0.1, 0.15) is 54.4 Å². The van der Waals surface area contributed by atoms with Crippen LogP contribution in [0.2, 0.25) is 0 Å². The minimum absolute atomic E-state index is 0.00441. The van der Waals surface area contributed by atoms with Gasteiger partial charge in [0.15, 0.2) is 5.96 Å². The molecule has 0 aromatic heterocycles. The number of hydrogen-bond donors (Lipinski definition) is 16. The highest BCUT2D eigenvalue weighted by Crippen LogP contribution is 2.15. The Morgan fingerprint density at radius 3 is 1.16 bits per heavy atom. The maximum Gasteiger partial charge on any atom is 0.245 e. The van der Waals surface area contributed by atoms with Crippen molar-refractivity contribution in [2.24, 2.45) is 63.3 Å². The van der Waals surface area contributed by atoms with Crippen LogP contribution in [0, 0.1) is 29.6 Å². The van der Waals surface area contributed by atoms with E-state index in [-0.39, 0.29) is 120 Å². The summed E-state index contributed by atoms with van der Waals surface area (Å²) >= 11 is 0. The van der Waals surface area contributed by atoms with Crippen LogP contribution in [0.25, 0.3) is 0 Å². The number of nitrogens with zero attached hydrogens (tertiary/aromatic N) is 1. The van der Waals surface area contributed by atoms with Crippen molar-refractivity contribution >= 4 is 70.9 Å². The lowest BCUT2D eigenvalue weighted by Gasteiger charge is -2.30. The van der Waals surface area contributed by atoms with Gasteiger partial charge in [-0.2, -0.15) is 0 Å². The van der Waals surface area contributed by atoms with Gasteiger partial charge in [0.25, 0.3) is 0 Å². The molecule has 0 aromatic carbocycles. The zero-order valence-corrected chi connectivity index (χ0v) is 53.4. The van der Waals surface area contributed by atoms with Crippen LogP contribution in [0.15, 0.2) is 4.99 Å². The number of hydrogen-bond acceptors (Lipinski definition) is 15. The molecule has 0 heterocycles. The molecule has 0 aliphatic heterocycles. The minimum Gasteiger partial charge on any atom is -0.391 e. The molecule has 28 nitrogen and oxygen atoms in total. The number of nitrogens with two attached hydrogens (primary N) is 5. The Hall–Kier alpha value is -6.68. The molecule has 21 N–H and O–H groups in total. The lowest BCUT2D eigenvalue weighted by molar-refractivity contribution is -0.137. The van der Waals surface area contributed by atoms with Gasteiger partial charge in [-0.3, -0.25) is 57.7 Å². The molecule has 86 heavy (non-hydrogen) atoms. The van der Waals surface area contributed by atoms with Crippen molar-refractivity contribution in [1.82, 2.24) is 53.2 Å². The zero-order chi connectivity index (χ0) is 65.8. The van der Waals surface area contributed by atoms with Crippen LogP contribution in [-0.2, 0) is 52.7 Å². The van der Waals surface area contributed by atoms with Crippen LogP contribution in [0.5, 0.6) is 0 Å². The number of carbonyl (C=O) groups is 11. The average Bonchev–Trinajstić information content (AvgIpc) is 3.56. The van der Waals surface area contributed by atoms with Crippen LogP contribution in [0.4, 0.5) is 0 Å². The van der Waals surface area contributed by atoms with Gasteiger partial charge in [0.05, 0.1) is 12.6 Å². The highest BCUT2D eigenvalue weighted by molar-refractivity contribution is 5.99. The smallest absolute Gasteiger partial charge is 0.245 e. The number of aliphatic hydroxyl groups is 1. The van der Waals surface area contributed by atoms with Gasteiger partial charge in [-0.15, -0.1) is 0 Å². The van der Waals surface area contributed by atoms with E-state index in [2.05, 4.69) is 58.2 Å². The first kappa shape index (κ1) is 79.3. The normalized spacial score (nSPS) is 15.2. The number of primary amides is 1. The summed E-state index contributed by atoms with van der Waals surface area (Å²) in [6.07, 6.45) is 2.03. The van der Waals surface area contributed by atoms with E-state index in [4.69, 9.17) is 28.7 Å². The molecule has 0 spiro atoms. The van der Waals surface area contributed by atoms with E-state index in [1.807, 2.05) is 62.3 Å². The zero-order valence-electron chi connectivity index (χ0n) is 53.4. The number of carbonyl (C=O) groups excluding carboxylic acids is 11. The fourth-order valence-corrected chi connectivity index (χ4v) is 9.09. The summed E-state index contributed by atoms with van der Waals surface area (Å²) < 4.78 is 0. The summed E-state index contributed by atoms with van der Waals surface area (Å²) in [5, 5.41) is 37.6. The summed E-state index contributed by atoms with van der Waals surface area (Å²) in [5.41, 5.74) is 28.4. The van der Waals surface area contributed by atoms with E-state index < -0.39 is 125 Å². The second-order valence-electron chi connectivity index (χ2n) is 24.1. The molecular weight excluding hydrogens is 1110 g/mol. The minimum atomic E-state index is -1.64. The first-order chi connectivity index (χ1) is 40.3. The molecule has 0 bridgehead atoms. The van der Waals surface area contributed by atoms with Crippen LogP contribution in [-0.4, -0.2) is 163 Å². The molecule has 0 saturated heterocycles. The maximum absolute atomic E-state index is 14.6. The highest BCUT2D eigenvalue weighted by atomic mass is 16.3. The fraction of sp³-hybridized carbons (Fsp3) is 0.793. The highest BCUT2D eigenvalue weighted by Gasteiger charge is 2.37. The van der Waals surface area contributed by atoms with Gasteiger partial charge in [0, 0.05) is 13.0 Å². The van der Waals surface area contributed by atoms with Crippen molar-refractivity contribution in [1.29, 1.82) is 0 Å². The lowest BCUT2D eigenvalue weighted by Crippen LogP contribution is -2.62. The van der Waals surface area contributed by atoms with E-state index in [0.717, 1.165) is 0 Å². The Morgan fingerprint density at radius 1 is 0.419 bits per heavy atom. The van der Waals surface area contributed by atoms with Crippen LogP contribution in [0.3, 0.4) is 0 Å². The van der Waals surface area contributed by atoms with Crippen molar-refractivity contribution in [2.75, 3.05) is 26.2 Å². The topological polar surface area (TPSA) is 471 Å². The Kier molecular flexibility index (Phi) is 39.7. The largest absolute Gasteiger partial charge is 0.391 e. The predicted octanol–water partition coefficient (Wildman–Crippen LogP) is -1.33. The van der Waals surface area contributed by atoms with E-state index in [1.54, 1.807) is 13.8 Å². The van der Waals surface area contributed by atoms with Crippen molar-refractivity contribution < 1.29 is 57.8 Å². The molecule has 28 heteroatoms. The Balaban J connectivity index is 7.05. The molecule has 0 aliphatic carbocycles. The summed E-state index contributed by atoms with van der Waals surface area (Å²) in [6.45, 7) is 21.4. The predicted molar refractivity (Wildman–Crippen MR) is 329 cm³/mol. The third-order valence-corrected chi connectivity index (χ3v) is 13.9. The number of aliphatic hydroxyl groups excluding tert-OH is 1. The van der Waals surface area contributed by atoms with E-state index in [1.165, 1.54) is 6.92 Å². The maximum atomic E-state index is 14.6. The van der Waals surface area contributed by atoms with Gasteiger partial charge < -0.3 is 86.9 Å². The van der Waals surface area contributed by atoms with Crippen molar-refractivity contribution in [2.45, 2.75) is 240 Å². The van der Waals surface area contributed by atoms with Crippen molar-refractivity contribution in [3.63, 3.8) is 0 Å². The summed E-state index contributed by atoms with van der Waals surface area (Å²) in [4.78, 5) is 155. The van der Waals surface area contributed by atoms with Gasteiger partial charge >= 0.3 is 0 Å². The summed E-state index contributed by atoms with van der Waals surface area (Å²) in [5.74, 6) is -9.12. The molecule has 0 rings (SSSR count). The van der Waals surface area contributed by atoms with Crippen LogP contribution < -0.4 is 81.8 Å². The monoisotopic (exact) mass is 1220 g/mol. The number of unbranched alkanes of at least 4 members (excludes halogenated alkanes) is 2. The molecule has 0 fully saturated rings. The standard InChI is InChI=1S/C58H110N16O12/c1-13-20-45(76)65-31-46(77)66-42(28-33(5)6)53(82)71-43(29-34(7)8)54(83)68-38(21-15-17-24-59)50(79)67-40(23-19-26-64-58(62)63)51(80)73-47(36(11)14-2)56(85)69-39(22-16-18-25-60)52(81)74-48(37(12)75)57(86)72-44(30-35(9)10)55(84)70-41(49(61)78)27-32(3)4/h32-44,47-48,75H,13-31,59-60H2,1-12H3,(H2,61,78)(H,65,76)(H,66,77)(H,67,79)(H,68,83)(H,69,85)(H,70,84)(H,71,82)(H,72,86)(H,73,80)(H,74,81)(H4,62,63,64)/t36-,37+,38+,39+,40-,41-,42-,43-,44-,47-,48-/m0/s1. The Bertz CT molecular complexity index is 2180. The molecule has 0 unspecified atom stereocenters. The van der Waals surface area contributed by atoms with Gasteiger partial charge in [-0.1, -0.05) is 82.6 Å². The van der Waals surface area contributed by atoms with E-state index in [9.17, 15) is 57.8 Å². The first-order valence-electron chi connectivity index (χ1n) is 30.7.